The Kier molecular flexibility index (Phi) is 5.64. The van der Waals surface area contributed by atoms with Crippen LogP contribution in [0.15, 0.2) is 23.1 Å². The summed E-state index contributed by atoms with van der Waals surface area (Å²) < 4.78 is 38.4. The van der Waals surface area contributed by atoms with Gasteiger partial charge in [-0.05, 0) is 38.8 Å². The summed E-state index contributed by atoms with van der Waals surface area (Å²) in [6.07, 6.45) is 1.41. The van der Waals surface area contributed by atoms with Crippen molar-refractivity contribution in [3.8, 4) is 11.5 Å². The number of sulfonamides is 1. The molecule has 1 saturated carbocycles. The molecule has 1 aromatic rings. The normalized spacial score (nSPS) is 19.6. The minimum Gasteiger partial charge on any atom is -0.490 e. The molecule has 0 aromatic heterocycles. The lowest BCUT2D eigenvalue weighted by Crippen LogP contribution is -2.55. The van der Waals surface area contributed by atoms with Crippen LogP contribution < -0.4 is 15.2 Å². The average Bonchev–Trinajstić information content (AvgIpc) is 3.41. The van der Waals surface area contributed by atoms with Gasteiger partial charge in [-0.2, -0.15) is 4.31 Å². The SMILES string of the molecule is CCOc1ccc(S(=O)(=O)N2CCN(C(=O)C3(N)CC3)CC2)cc1OCC. The highest BCUT2D eigenvalue weighted by Crippen LogP contribution is 2.35. The Morgan fingerprint density at radius 3 is 2.22 bits per heavy atom. The quantitative estimate of drug-likeness (QED) is 0.730. The molecule has 150 valence electrons. The first-order valence-corrected chi connectivity index (χ1v) is 10.7. The molecule has 1 saturated heterocycles. The third kappa shape index (κ3) is 4.04. The van der Waals surface area contributed by atoms with Crippen LogP contribution in [0.5, 0.6) is 11.5 Å². The van der Waals surface area contributed by atoms with Gasteiger partial charge in [0.15, 0.2) is 11.5 Å². The number of carbonyl (C=O) groups is 1. The largest absolute Gasteiger partial charge is 0.490 e. The summed E-state index contributed by atoms with van der Waals surface area (Å²) in [5.74, 6) is 0.860. The average molecular weight is 397 g/mol. The van der Waals surface area contributed by atoms with Crippen molar-refractivity contribution in [2.45, 2.75) is 37.1 Å². The maximum atomic E-state index is 13.0. The summed E-state index contributed by atoms with van der Waals surface area (Å²) in [7, 11) is -3.67. The molecule has 1 aromatic carbocycles. The zero-order valence-corrected chi connectivity index (χ0v) is 16.6. The van der Waals surface area contributed by atoms with Crippen LogP contribution in [0.4, 0.5) is 0 Å². The molecule has 0 unspecified atom stereocenters. The second-order valence-electron chi connectivity index (χ2n) is 6.83. The van der Waals surface area contributed by atoms with E-state index in [0.717, 1.165) is 0 Å². The Morgan fingerprint density at radius 1 is 1.07 bits per heavy atom. The number of carbonyl (C=O) groups excluding carboxylic acids is 1. The summed E-state index contributed by atoms with van der Waals surface area (Å²) in [5, 5.41) is 0. The van der Waals surface area contributed by atoms with Gasteiger partial charge in [-0.3, -0.25) is 4.79 Å². The van der Waals surface area contributed by atoms with Gasteiger partial charge in [-0.1, -0.05) is 0 Å². The van der Waals surface area contributed by atoms with Crippen LogP contribution in [0.1, 0.15) is 26.7 Å². The highest BCUT2D eigenvalue weighted by Gasteiger charge is 2.48. The highest BCUT2D eigenvalue weighted by molar-refractivity contribution is 7.89. The molecule has 0 bridgehead atoms. The highest BCUT2D eigenvalue weighted by atomic mass is 32.2. The predicted molar refractivity (Wildman–Crippen MR) is 100 cm³/mol. The number of ether oxygens (including phenoxy) is 2. The molecule has 0 atom stereocenters. The molecule has 1 aliphatic carbocycles. The maximum Gasteiger partial charge on any atom is 0.243 e. The lowest BCUT2D eigenvalue weighted by atomic mass is 10.2. The van der Waals surface area contributed by atoms with Crippen molar-refractivity contribution in [1.82, 2.24) is 9.21 Å². The van der Waals surface area contributed by atoms with E-state index in [2.05, 4.69) is 0 Å². The van der Waals surface area contributed by atoms with Gasteiger partial charge in [-0.25, -0.2) is 8.42 Å². The van der Waals surface area contributed by atoms with Gasteiger partial charge in [0, 0.05) is 32.2 Å². The number of benzene rings is 1. The Labute approximate surface area is 160 Å². The maximum absolute atomic E-state index is 13.0. The number of piperazine rings is 1. The Bertz CT molecular complexity index is 799. The van der Waals surface area contributed by atoms with Crippen LogP contribution in [0.25, 0.3) is 0 Å². The van der Waals surface area contributed by atoms with Crippen molar-refractivity contribution in [2.24, 2.45) is 5.73 Å². The lowest BCUT2D eigenvalue weighted by molar-refractivity contribution is -0.134. The number of nitrogens with two attached hydrogens (primary N) is 1. The van der Waals surface area contributed by atoms with E-state index >= 15 is 0 Å². The summed E-state index contributed by atoms with van der Waals surface area (Å²) in [4.78, 5) is 14.2. The first-order valence-electron chi connectivity index (χ1n) is 9.30. The van der Waals surface area contributed by atoms with Gasteiger partial charge >= 0.3 is 0 Å². The minimum atomic E-state index is -3.67. The summed E-state index contributed by atoms with van der Waals surface area (Å²) in [6.45, 7) is 5.77. The van der Waals surface area contributed by atoms with Gasteiger partial charge in [0.25, 0.3) is 0 Å². The molecule has 3 rings (SSSR count). The molecule has 1 aliphatic heterocycles. The zero-order valence-electron chi connectivity index (χ0n) is 15.8. The fraction of sp³-hybridized carbons (Fsp3) is 0.611. The van der Waals surface area contributed by atoms with Crippen LogP contribution in [-0.4, -0.2) is 68.5 Å². The van der Waals surface area contributed by atoms with E-state index in [4.69, 9.17) is 15.2 Å². The molecule has 0 spiro atoms. The fourth-order valence-electron chi connectivity index (χ4n) is 3.14. The van der Waals surface area contributed by atoms with Crippen LogP contribution in [0.2, 0.25) is 0 Å². The molecule has 1 amide bonds. The fourth-order valence-corrected chi connectivity index (χ4v) is 4.57. The van der Waals surface area contributed by atoms with Crippen molar-refractivity contribution in [2.75, 3.05) is 39.4 Å². The van der Waals surface area contributed by atoms with E-state index < -0.39 is 15.6 Å². The Hall–Kier alpha value is -1.84. The van der Waals surface area contributed by atoms with Crippen molar-refractivity contribution >= 4 is 15.9 Å². The van der Waals surface area contributed by atoms with E-state index in [9.17, 15) is 13.2 Å². The molecule has 2 fully saturated rings. The number of rotatable bonds is 7. The molecule has 2 N–H and O–H groups in total. The molecular weight excluding hydrogens is 370 g/mol. The topological polar surface area (TPSA) is 102 Å². The Morgan fingerprint density at radius 2 is 1.67 bits per heavy atom. The molecule has 27 heavy (non-hydrogen) atoms. The van der Waals surface area contributed by atoms with Gasteiger partial charge in [0.05, 0.1) is 23.6 Å². The number of nitrogens with zero attached hydrogens (tertiary/aromatic N) is 2. The van der Waals surface area contributed by atoms with Crippen molar-refractivity contribution in [1.29, 1.82) is 0 Å². The van der Waals surface area contributed by atoms with Gasteiger partial charge in [0.1, 0.15) is 0 Å². The summed E-state index contributed by atoms with van der Waals surface area (Å²) in [6, 6.07) is 4.65. The standard InChI is InChI=1S/C18H27N3O5S/c1-3-25-15-6-5-14(13-16(15)26-4-2)27(23,24)21-11-9-20(10-12-21)17(22)18(19)7-8-18/h5-6,13H,3-4,7-12,19H2,1-2H3. The van der Waals surface area contributed by atoms with Crippen molar-refractivity contribution in [3.63, 3.8) is 0 Å². The molecule has 1 heterocycles. The summed E-state index contributed by atoms with van der Waals surface area (Å²) in [5.41, 5.74) is 5.25. The monoisotopic (exact) mass is 397 g/mol. The van der Waals surface area contributed by atoms with E-state index in [-0.39, 0.29) is 23.9 Å². The second-order valence-corrected chi connectivity index (χ2v) is 8.76. The van der Waals surface area contributed by atoms with Crippen LogP contribution in [-0.2, 0) is 14.8 Å². The first kappa shape index (κ1) is 19.9. The molecule has 8 nitrogen and oxygen atoms in total. The number of amides is 1. The van der Waals surface area contributed by atoms with Crippen molar-refractivity contribution < 1.29 is 22.7 Å². The van der Waals surface area contributed by atoms with Crippen molar-refractivity contribution in [3.05, 3.63) is 18.2 Å². The van der Waals surface area contributed by atoms with Gasteiger partial charge in [0.2, 0.25) is 15.9 Å². The minimum absolute atomic E-state index is 0.0701. The Balaban J connectivity index is 1.73. The van der Waals surface area contributed by atoms with E-state index in [1.165, 1.54) is 16.4 Å². The van der Waals surface area contributed by atoms with E-state index in [0.29, 0.717) is 50.6 Å². The lowest BCUT2D eigenvalue weighted by Gasteiger charge is -2.35. The third-order valence-electron chi connectivity index (χ3n) is 4.89. The van der Waals surface area contributed by atoms with E-state index in [1.54, 1.807) is 11.0 Å². The van der Waals surface area contributed by atoms with E-state index in [1.807, 2.05) is 13.8 Å². The van der Waals surface area contributed by atoms with Gasteiger partial charge in [-0.15, -0.1) is 0 Å². The van der Waals surface area contributed by atoms with Crippen LogP contribution in [0, 0.1) is 0 Å². The van der Waals surface area contributed by atoms with Crippen LogP contribution in [0.3, 0.4) is 0 Å². The van der Waals surface area contributed by atoms with Gasteiger partial charge < -0.3 is 20.1 Å². The molecule has 2 aliphatic rings. The smallest absolute Gasteiger partial charge is 0.243 e. The molecule has 9 heteroatoms. The number of hydrogen-bond donors (Lipinski definition) is 1. The summed E-state index contributed by atoms with van der Waals surface area (Å²) >= 11 is 0. The third-order valence-corrected chi connectivity index (χ3v) is 6.79. The second kappa shape index (κ2) is 7.65. The predicted octanol–water partition coefficient (Wildman–Crippen LogP) is 0.808. The number of hydrogen-bond acceptors (Lipinski definition) is 6. The molecule has 0 radical (unpaired) electrons. The van der Waals surface area contributed by atoms with Crippen LogP contribution >= 0.6 is 0 Å². The zero-order chi connectivity index (χ0) is 19.7. The first-order chi connectivity index (χ1) is 12.8. The molecular formula is C18H27N3O5S.